The first kappa shape index (κ1) is 17.2. The number of hydrogen-bond donors (Lipinski definition) is 1. The van der Waals surface area contributed by atoms with Gasteiger partial charge in [-0.15, -0.1) is 0 Å². The maximum atomic E-state index is 12.5. The number of carbonyl (C=O) groups excluding carboxylic acids is 1. The minimum Gasteiger partial charge on any atom is -0.331 e. The molecule has 0 atom stereocenters. The second-order valence-corrected chi connectivity index (χ2v) is 6.90. The first-order valence-corrected chi connectivity index (χ1v) is 8.81. The summed E-state index contributed by atoms with van der Waals surface area (Å²) in [5.41, 5.74) is 2.19. The molecule has 2 heterocycles. The molecule has 2 aromatic rings. The molecule has 1 aromatic carbocycles. The lowest BCUT2D eigenvalue weighted by Gasteiger charge is -2.32. The molecule has 1 aliphatic rings. The molecule has 24 heavy (non-hydrogen) atoms. The van der Waals surface area contributed by atoms with Crippen molar-refractivity contribution in [1.29, 1.82) is 0 Å². The second kappa shape index (κ2) is 7.97. The Morgan fingerprint density at radius 2 is 1.75 bits per heavy atom. The zero-order chi connectivity index (χ0) is 16.9. The van der Waals surface area contributed by atoms with Gasteiger partial charge < -0.3 is 9.80 Å². The summed E-state index contributed by atoms with van der Waals surface area (Å²) in [6.45, 7) is 4.50. The van der Waals surface area contributed by atoms with Crippen LogP contribution >= 0.6 is 23.2 Å². The predicted octanol–water partition coefficient (Wildman–Crippen LogP) is 1.86. The van der Waals surface area contributed by atoms with E-state index in [1.165, 1.54) is 10.5 Å². The van der Waals surface area contributed by atoms with Crippen molar-refractivity contribution in [2.75, 3.05) is 26.2 Å². The summed E-state index contributed by atoms with van der Waals surface area (Å²) in [7, 11) is 0. The number of piperazine rings is 1. The number of hydrogen-bond acceptors (Lipinski definition) is 2. The normalized spacial score (nSPS) is 15.5. The lowest BCUT2D eigenvalue weighted by Crippen LogP contribution is -3.13. The van der Waals surface area contributed by atoms with Crippen molar-refractivity contribution in [2.45, 2.75) is 13.0 Å². The number of halogens is 2. The summed E-state index contributed by atoms with van der Waals surface area (Å²) in [4.78, 5) is 19.9. The largest absolute Gasteiger partial charge is 0.331 e. The van der Waals surface area contributed by atoms with Crippen LogP contribution in [-0.4, -0.2) is 42.0 Å². The fourth-order valence-electron chi connectivity index (χ4n) is 2.97. The van der Waals surface area contributed by atoms with Crippen LogP contribution in [-0.2, 0) is 17.8 Å². The average molecular weight is 365 g/mol. The van der Waals surface area contributed by atoms with Crippen molar-refractivity contribution in [3.05, 3.63) is 63.9 Å². The summed E-state index contributed by atoms with van der Waals surface area (Å²) in [5.74, 6) is 0.149. The van der Waals surface area contributed by atoms with Gasteiger partial charge in [0.1, 0.15) is 6.54 Å². The van der Waals surface area contributed by atoms with E-state index in [0.29, 0.717) is 16.5 Å². The van der Waals surface area contributed by atoms with Crippen LogP contribution in [0.1, 0.15) is 11.1 Å². The van der Waals surface area contributed by atoms with Crippen LogP contribution in [0.4, 0.5) is 0 Å². The third-order valence-corrected chi connectivity index (χ3v) is 5.11. The topological polar surface area (TPSA) is 37.6 Å². The SMILES string of the molecule is O=C(Cc1ccc(Cl)c(Cl)c1)N1CC[NH+](Cc2ccncc2)CC1. The molecular weight excluding hydrogens is 345 g/mol. The Bertz CT molecular complexity index is 701. The fraction of sp³-hybridized carbons (Fsp3) is 0.333. The van der Waals surface area contributed by atoms with E-state index in [1.54, 1.807) is 12.1 Å². The van der Waals surface area contributed by atoms with Crippen LogP contribution in [0.3, 0.4) is 0 Å². The van der Waals surface area contributed by atoms with Crippen molar-refractivity contribution in [2.24, 2.45) is 0 Å². The molecule has 1 amide bonds. The number of nitrogens with zero attached hydrogens (tertiary/aromatic N) is 2. The number of benzene rings is 1. The van der Waals surface area contributed by atoms with Crippen LogP contribution in [0.15, 0.2) is 42.7 Å². The van der Waals surface area contributed by atoms with Gasteiger partial charge in [-0.1, -0.05) is 29.3 Å². The smallest absolute Gasteiger partial charge is 0.227 e. The highest BCUT2D eigenvalue weighted by atomic mass is 35.5. The lowest BCUT2D eigenvalue weighted by atomic mass is 10.1. The zero-order valence-corrected chi connectivity index (χ0v) is 14.9. The van der Waals surface area contributed by atoms with Crippen molar-refractivity contribution in [3.8, 4) is 0 Å². The predicted molar refractivity (Wildman–Crippen MR) is 95.4 cm³/mol. The van der Waals surface area contributed by atoms with Gasteiger partial charge in [-0.05, 0) is 29.8 Å². The zero-order valence-electron chi connectivity index (χ0n) is 13.3. The number of nitrogens with one attached hydrogen (secondary N) is 1. The highest BCUT2D eigenvalue weighted by Gasteiger charge is 2.23. The van der Waals surface area contributed by atoms with Gasteiger partial charge in [-0.25, -0.2) is 0 Å². The van der Waals surface area contributed by atoms with Crippen LogP contribution in [0, 0.1) is 0 Å². The molecule has 6 heteroatoms. The molecule has 0 bridgehead atoms. The Kier molecular flexibility index (Phi) is 5.72. The summed E-state index contributed by atoms with van der Waals surface area (Å²) in [6.07, 6.45) is 4.02. The Balaban J connectivity index is 1.50. The van der Waals surface area contributed by atoms with Crippen LogP contribution in [0.25, 0.3) is 0 Å². The summed E-state index contributed by atoms with van der Waals surface area (Å²) < 4.78 is 0. The Morgan fingerprint density at radius 1 is 1.04 bits per heavy atom. The highest BCUT2D eigenvalue weighted by molar-refractivity contribution is 6.42. The Labute approximate surface area is 152 Å². The van der Waals surface area contributed by atoms with Gasteiger partial charge >= 0.3 is 0 Å². The van der Waals surface area contributed by atoms with E-state index in [-0.39, 0.29) is 5.91 Å². The van der Waals surface area contributed by atoms with Gasteiger partial charge in [-0.3, -0.25) is 9.78 Å². The molecule has 1 fully saturated rings. The van der Waals surface area contributed by atoms with Crippen LogP contribution in [0.5, 0.6) is 0 Å². The minimum absolute atomic E-state index is 0.149. The number of amides is 1. The van der Waals surface area contributed by atoms with Gasteiger partial charge in [0, 0.05) is 18.0 Å². The summed E-state index contributed by atoms with van der Waals surface area (Å²) in [5, 5.41) is 1.01. The standard InChI is InChI=1S/C18H19Cl2N3O/c19-16-2-1-15(11-17(16)20)12-18(24)23-9-7-22(8-10-23)13-14-3-5-21-6-4-14/h1-6,11H,7-10,12-13H2/p+1. The molecule has 1 aromatic heterocycles. The molecule has 0 spiro atoms. The van der Waals surface area contributed by atoms with E-state index in [2.05, 4.69) is 17.1 Å². The van der Waals surface area contributed by atoms with E-state index in [9.17, 15) is 4.79 Å². The molecule has 4 nitrogen and oxygen atoms in total. The molecule has 0 radical (unpaired) electrons. The van der Waals surface area contributed by atoms with Gasteiger partial charge in [0.25, 0.3) is 0 Å². The van der Waals surface area contributed by atoms with E-state index >= 15 is 0 Å². The molecule has 126 valence electrons. The number of aromatic nitrogens is 1. The molecule has 0 aliphatic carbocycles. The molecule has 0 unspecified atom stereocenters. The highest BCUT2D eigenvalue weighted by Crippen LogP contribution is 2.23. The molecule has 1 N–H and O–H groups in total. The average Bonchev–Trinajstić information content (AvgIpc) is 2.60. The third kappa shape index (κ3) is 4.47. The minimum atomic E-state index is 0.149. The number of rotatable bonds is 4. The molecule has 3 rings (SSSR count). The molecule has 0 saturated carbocycles. The quantitative estimate of drug-likeness (QED) is 0.898. The number of carbonyl (C=O) groups is 1. The maximum absolute atomic E-state index is 12.5. The lowest BCUT2D eigenvalue weighted by molar-refractivity contribution is -0.917. The first-order valence-electron chi connectivity index (χ1n) is 8.06. The van der Waals surface area contributed by atoms with Crippen molar-refractivity contribution < 1.29 is 9.69 Å². The van der Waals surface area contributed by atoms with E-state index in [4.69, 9.17) is 23.2 Å². The summed E-state index contributed by atoms with van der Waals surface area (Å²) in [6, 6.07) is 9.47. The Morgan fingerprint density at radius 3 is 2.42 bits per heavy atom. The van der Waals surface area contributed by atoms with Gasteiger partial charge in [0.15, 0.2) is 0 Å². The third-order valence-electron chi connectivity index (χ3n) is 4.37. The fourth-order valence-corrected chi connectivity index (χ4v) is 3.30. The number of pyridine rings is 1. The maximum Gasteiger partial charge on any atom is 0.227 e. The van der Waals surface area contributed by atoms with Crippen LogP contribution < -0.4 is 4.90 Å². The Hall–Kier alpha value is -1.62. The monoisotopic (exact) mass is 364 g/mol. The second-order valence-electron chi connectivity index (χ2n) is 6.09. The van der Waals surface area contributed by atoms with E-state index < -0.39 is 0 Å². The first-order chi connectivity index (χ1) is 11.6. The molecule has 1 saturated heterocycles. The van der Waals surface area contributed by atoms with Crippen molar-refractivity contribution >= 4 is 29.1 Å². The summed E-state index contributed by atoms with van der Waals surface area (Å²) >= 11 is 11.9. The molecular formula is C18H20Cl2N3O+. The molecule has 1 aliphatic heterocycles. The van der Waals surface area contributed by atoms with Crippen molar-refractivity contribution in [3.63, 3.8) is 0 Å². The van der Waals surface area contributed by atoms with Crippen molar-refractivity contribution in [1.82, 2.24) is 9.88 Å². The van der Waals surface area contributed by atoms with Gasteiger partial charge in [0.2, 0.25) is 5.91 Å². The van der Waals surface area contributed by atoms with E-state index in [0.717, 1.165) is 38.3 Å². The van der Waals surface area contributed by atoms with Gasteiger partial charge in [-0.2, -0.15) is 0 Å². The number of quaternary nitrogens is 1. The van der Waals surface area contributed by atoms with Crippen LogP contribution in [0.2, 0.25) is 10.0 Å². The van der Waals surface area contributed by atoms with Gasteiger partial charge in [0.05, 0.1) is 42.6 Å². The van der Waals surface area contributed by atoms with E-state index in [1.807, 2.05) is 23.4 Å².